The molecule has 0 saturated carbocycles. The molecule has 8 heteroatoms. The first-order chi connectivity index (χ1) is 18.7. The van der Waals surface area contributed by atoms with E-state index in [1.807, 2.05) is 48.5 Å². The van der Waals surface area contributed by atoms with E-state index in [-0.39, 0.29) is 5.91 Å². The summed E-state index contributed by atoms with van der Waals surface area (Å²) in [4.78, 5) is 25.0. The molecule has 0 saturated heterocycles. The molecule has 8 nitrogen and oxygen atoms in total. The van der Waals surface area contributed by atoms with Crippen molar-refractivity contribution in [3.8, 4) is 33.8 Å². The summed E-state index contributed by atoms with van der Waals surface area (Å²) in [6.45, 7) is 0. The zero-order chi connectivity index (χ0) is 25.5. The Morgan fingerprint density at radius 2 is 1.71 bits per heavy atom. The number of hydrogen-bond acceptors (Lipinski definition) is 5. The zero-order valence-electron chi connectivity index (χ0n) is 20.0. The van der Waals surface area contributed by atoms with Gasteiger partial charge in [-0.2, -0.15) is 5.10 Å². The van der Waals surface area contributed by atoms with Gasteiger partial charge in [-0.15, -0.1) is 0 Å². The number of pyridine rings is 2. The Morgan fingerprint density at radius 1 is 0.816 bits per heavy atom. The van der Waals surface area contributed by atoms with Gasteiger partial charge in [-0.3, -0.25) is 19.9 Å². The number of carbonyl (C=O) groups excluding carboxylic acids is 1. The second kappa shape index (κ2) is 8.86. The molecule has 0 radical (unpaired) electrons. The van der Waals surface area contributed by atoms with Crippen LogP contribution in [0.25, 0.3) is 55.6 Å². The maximum Gasteiger partial charge on any atom is 0.255 e. The van der Waals surface area contributed by atoms with Crippen LogP contribution in [0.2, 0.25) is 0 Å². The molecule has 2 aromatic carbocycles. The van der Waals surface area contributed by atoms with Crippen molar-refractivity contribution in [2.24, 2.45) is 0 Å². The van der Waals surface area contributed by atoms with Gasteiger partial charge >= 0.3 is 0 Å². The van der Waals surface area contributed by atoms with Crippen LogP contribution < -0.4 is 5.32 Å². The highest BCUT2D eigenvalue weighted by Gasteiger charge is 2.15. The minimum atomic E-state index is -0.180. The monoisotopic (exact) mass is 496 g/mol. The van der Waals surface area contributed by atoms with Gasteiger partial charge in [0.2, 0.25) is 0 Å². The van der Waals surface area contributed by atoms with Crippen LogP contribution in [0.1, 0.15) is 10.4 Å². The van der Waals surface area contributed by atoms with Gasteiger partial charge < -0.3 is 14.7 Å². The largest absolute Gasteiger partial charge is 0.472 e. The van der Waals surface area contributed by atoms with Crippen molar-refractivity contribution in [3.63, 3.8) is 0 Å². The summed E-state index contributed by atoms with van der Waals surface area (Å²) in [6.07, 6.45) is 8.54. The number of rotatable bonds is 5. The first-order valence-corrected chi connectivity index (χ1v) is 12.0. The van der Waals surface area contributed by atoms with Crippen molar-refractivity contribution in [1.82, 2.24) is 25.1 Å². The maximum absolute atomic E-state index is 12.6. The van der Waals surface area contributed by atoms with Gasteiger partial charge in [0.1, 0.15) is 5.69 Å². The van der Waals surface area contributed by atoms with Gasteiger partial charge in [-0.25, -0.2) is 0 Å². The Kier molecular flexibility index (Phi) is 5.07. The van der Waals surface area contributed by atoms with Crippen LogP contribution in [0.4, 0.5) is 5.69 Å². The van der Waals surface area contributed by atoms with Crippen LogP contribution in [0.3, 0.4) is 0 Å². The minimum Gasteiger partial charge on any atom is -0.472 e. The number of hydrogen-bond donors (Lipinski definition) is 3. The Bertz CT molecular complexity index is 1920. The summed E-state index contributed by atoms with van der Waals surface area (Å²) in [7, 11) is 0. The summed E-state index contributed by atoms with van der Waals surface area (Å²) >= 11 is 0. The van der Waals surface area contributed by atoms with Gasteiger partial charge in [0, 0.05) is 45.4 Å². The molecule has 0 fully saturated rings. The number of aromatic nitrogens is 5. The Hall–Kier alpha value is -5.50. The lowest BCUT2D eigenvalue weighted by Crippen LogP contribution is -2.11. The first-order valence-electron chi connectivity index (χ1n) is 12.0. The zero-order valence-corrected chi connectivity index (χ0v) is 20.0. The van der Waals surface area contributed by atoms with E-state index < -0.39 is 0 Å². The lowest BCUT2D eigenvalue weighted by atomic mass is 10.0. The van der Waals surface area contributed by atoms with Crippen molar-refractivity contribution in [1.29, 1.82) is 0 Å². The summed E-state index contributed by atoms with van der Waals surface area (Å²) < 4.78 is 5.27. The van der Waals surface area contributed by atoms with E-state index in [0.29, 0.717) is 11.3 Å². The van der Waals surface area contributed by atoms with Crippen LogP contribution in [0.15, 0.2) is 108 Å². The molecule has 0 atom stereocenters. The molecule has 0 unspecified atom stereocenters. The average molecular weight is 497 g/mol. The lowest BCUT2D eigenvalue weighted by Gasteiger charge is -2.08. The highest BCUT2D eigenvalue weighted by molar-refractivity contribution is 6.04. The van der Waals surface area contributed by atoms with Crippen LogP contribution >= 0.6 is 0 Å². The second-order valence-electron chi connectivity index (χ2n) is 8.93. The molecule has 38 heavy (non-hydrogen) atoms. The first kappa shape index (κ1) is 21.8. The van der Waals surface area contributed by atoms with E-state index in [1.54, 1.807) is 43.2 Å². The molecule has 0 aliphatic rings. The highest BCUT2D eigenvalue weighted by atomic mass is 16.3. The average Bonchev–Trinajstić information content (AvgIpc) is 3.73. The van der Waals surface area contributed by atoms with Crippen LogP contribution in [0.5, 0.6) is 0 Å². The van der Waals surface area contributed by atoms with E-state index in [0.717, 1.165) is 55.6 Å². The Labute approximate surface area is 216 Å². The quantitative estimate of drug-likeness (QED) is 0.246. The molecule has 7 rings (SSSR count). The van der Waals surface area contributed by atoms with E-state index in [9.17, 15) is 4.79 Å². The van der Waals surface area contributed by atoms with Crippen molar-refractivity contribution in [3.05, 3.63) is 109 Å². The van der Waals surface area contributed by atoms with Crippen molar-refractivity contribution >= 4 is 33.4 Å². The third kappa shape index (κ3) is 3.81. The minimum absolute atomic E-state index is 0.180. The molecule has 3 N–H and O–H groups in total. The molecule has 182 valence electrons. The molecule has 7 aromatic rings. The lowest BCUT2D eigenvalue weighted by molar-refractivity contribution is 0.102. The standard InChI is InChI=1S/C30H20N6O2/c37-30(18-4-2-1-3-5-18)33-22-12-21(15-31-16-22)19-6-7-26-23(13-19)29(36-35-26)27-14-24-25(34-27)8-10-32-28(24)20-9-11-38-17-20/h1-17,34H,(H,33,37)(H,35,36). The third-order valence-electron chi connectivity index (χ3n) is 6.53. The number of carbonyl (C=O) groups is 1. The van der Waals surface area contributed by atoms with Crippen molar-refractivity contribution < 1.29 is 9.21 Å². The number of fused-ring (bicyclic) bond motifs is 2. The van der Waals surface area contributed by atoms with E-state index >= 15 is 0 Å². The van der Waals surface area contributed by atoms with Gasteiger partial charge in [-0.05, 0) is 54.1 Å². The molecular weight excluding hydrogens is 476 g/mol. The highest BCUT2D eigenvalue weighted by Crippen LogP contribution is 2.34. The second-order valence-corrected chi connectivity index (χ2v) is 8.93. The number of anilines is 1. The van der Waals surface area contributed by atoms with Gasteiger partial charge in [0.15, 0.2) is 0 Å². The third-order valence-corrected chi connectivity index (χ3v) is 6.53. The Morgan fingerprint density at radius 3 is 2.58 bits per heavy atom. The van der Waals surface area contributed by atoms with Crippen molar-refractivity contribution in [2.75, 3.05) is 5.32 Å². The Balaban J connectivity index is 1.25. The topological polar surface area (TPSA) is 112 Å². The van der Waals surface area contributed by atoms with E-state index in [4.69, 9.17) is 4.42 Å². The fourth-order valence-corrected chi connectivity index (χ4v) is 4.67. The number of aromatic amines is 2. The van der Waals surface area contributed by atoms with Gasteiger partial charge in [0.25, 0.3) is 5.91 Å². The summed E-state index contributed by atoms with van der Waals surface area (Å²) in [5.41, 5.74) is 8.38. The van der Waals surface area contributed by atoms with Crippen molar-refractivity contribution in [2.45, 2.75) is 0 Å². The fraction of sp³-hybridized carbons (Fsp3) is 0. The predicted molar refractivity (Wildman–Crippen MR) is 147 cm³/mol. The SMILES string of the molecule is O=C(Nc1cncc(-c2ccc3[nH]nc(-c4cc5c(-c6ccoc6)nccc5[nH]4)c3c2)c1)c1ccccc1. The summed E-state index contributed by atoms with van der Waals surface area (Å²) in [6, 6.07) is 23.0. The number of amides is 1. The molecule has 0 aliphatic heterocycles. The van der Waals surface area contributed by atoms with Crippen LogP contribution in [0, 0.1) is 0 Å². The molecule has 0 bridgehead atoms. The number of nitrogens with zero attached hydrogens (tertiary/aromatic N) is 3. The maximum atomic E-state index is 12.6. The number of furan rings is 1. The molecule has 1 amide bonds. The fourth-order valence-electron chi connectivity index (χ4n) is 4.67. The summed E-state index contributed by atoms with van der Waals surface area (Å²) in [5.74, 6) is -0.180. The normalized spacial score (nSPS) is 11.3. The number of H-pyrrole nitrogens is 2. The predicted octanol–water partition coefficient (Wildman–Crippen LogP) is 6.68. The number of benzene rings is 2. The number of nitrogens with one attached hydrogen (secondary N) is 3. The molecule has 5 heterocycles. The van der Waals surface area contributed by atoms with E-state index in [1.165, 1.54) is 0 Å². The molecule has 0 spiro atoms. The van der Waals surface area contributed by atoms with Crippen LogP contribution in [-0.2, 0) is 0 Å². The molecular formula is C30H20N6O2. The van der Waals surface area contributed by atoms with Crippen LogP contribution in [-0.4, -0.2) is 31.1 Å². The molecule has 5 aromatic heterocycles. The molecule has 0 aliphatic carbocycles. The van der Waals surface area contributed by atoms with Gasteiger partial charge in [0.05, 0.1) is 41.3 Å². The summed E-state index contributed by atoms with van der Waals surface area (Å²) in [5, 5.41) is 12.6. The smallest absolute Gasteiger partial charge is 0.255 e. The van der Waals surface area contributed by atoms with E-state index in [2.05, 4.69) is 42.6 Å². The van der Waals surface area contributed by atoms with Gasteiger partial charge in [-0.1, -0.05) is 24.3 Å².